The molecule has 18 heavy (non-hydrogen) atoms. The van der Waals surface area contributed by atoms with Crippen LogP contribution in [-0.4, -0.2) is 4.98 Å². The highest BCUT2D eigenvalue weighted by Gasteiger charge is 2.06. The van der Waals surface area contributed by atoms with Gasteiger partial charge in [-0.15, -0.1) is 0 Å². The van der Waals surface area contributed by atoms with Gasteiger partial charge in [-0.25, -0.2) is 0 Å². The van der Waals surface area contributed by atoms with Gasteiger partial charge in [0.1, 0.15) is 0 Å². The molecule has 0 N–H and O–H groups in total. The van der Waals surface area contributed by atoms with Crippen LogP contribution in [0.25, 0.3) is 28.0 Å². The maximum absolute atomic E-state index is 4.36. The zero-order valence-corrected chi connectivity index (χ0v) is 10.0. The Morgan fingerprint density at radius 1 is 0.833 bits per heavy atom. The molecule has 1 nitrogen and oxygen atoms in total. The van der Waals surface area contributed by atoms with E-state index in [1.165, 1.54) is 16.3 Å². The zero-order valence-electron chi connectivity index (χ0n) is 10.0. The van der Waals surface area contributed by atoms with Crippen LogP contribution < -0.4 is 0 Å². The highest BCUT2D eigenvalue weighted by molar-refractivity contribution is 5.97. The van der Waals surface area contributed by atoms with Gasteiger partial charge in [-0.2, -0.15) is 0 Å². The summed E-state index contributed by atoms with van der Waals surface area (Å²) in [5.74, 6) is 0. The Morgan fingerprint density at radius 3 is 2.50 bits per heavy atom. The van der Waals surface area contributed by atoms with Crippen LogP contribution in [0.5, 0.6) is 0 Å². The maximum atomic E-state index is 4.36. The highest BCUT2D eigenvalue weighted by atomic mass is 14.7. The third-order valence-electron chi connectivity index (χ3n) is 3.11. The van der Waals surface area contributed by atoms with E-state index in [1.54, 1.807) is 12.3 Å². The molecule has 3 rings (SSSR count). The van der Waals surface area contributed by atoms with Crippen LogP contribution in [0.15, 0.2) is 67.4 Å². The van der Waals surface area contributed by atoms with Crippen LogP contribution in [0.1, 0.15) is 5.69 Å². The molecule has 86 valence electrons. The van der Waals surface area contributed by atoms with Gasteiger partial charge in [0.15, 0.2) is 0 Å². The van der Waals surface area contributed by atoms with E-state index in [-0.39, 0.29) is 0 Å². The van der Waals surface area contributed by atoms with Crippen molar-refractivity contribution < 1.29 is 0 Å². The number of hydrogen-bond donors (Lipinski definition) is 0. The van der Waals surface area contributed by atoms with Crippen molar-refractivity contribution in [1.82, 2.24) is 4.98 Å². The quantitative estimate of drug-likeness (QED) is 0.630. The molecule has 1 heteroatoms. The minimum atomic E-state index is 0.925. The Hall–Kier alpha value is -2.41. The van der Waals surface area contributed by atoms with E-state index in [1.807, 2.05) is 6.07 Å². The number of hydrogen-bond acceptors (Lipinski definition) is 1. The summed E-state index contributed by atoms with van der Waals surface area (Å²) in [6.45, 7) is 3.83. The van der Waals surface area contributed by atoms with Gasteiger partial charge in [-0.05, 0) is 28.5 Å². The van der Waals surface area contributed by atoms with E-state index in [9.17, 15) is 0 Å². The first-order valence-corrected chi connectivity index (χ1v) is 5.96. The molecule has 0 saturated heterocycles. The molecular formula is C17H13N. The summed E-state index contributed by atoms with van der Waals surface area (Å²) in [7, 11) is 0. The summed E-state index contributed by atoms with van der Waals surface area (Å²) in [6, 6.07) is 18.8. The van der Waals surface area contributed by atoms with Gasteiger partial charge < -0.3 is 0 Å². The molecule has 1 heterocycles. The molecular weight excluding hydrogens is 218 g/mol. The van der Waals surface area contributed by atoms with Crippen molar-refractivity contribution in [2.45, 2.75) is 0 Å². The first kappa shape index (κ1) is 10.7. The number of benzene rings is 2. The standard InChI is InChI=1S/C17H13N/c1-2-17-16(11-6-12-18-17)15-10-5-8-13-7-3-4-9-14(13)15/h2-12H,1H2. The van der Waals surface area contributed by atoms with Gasteiger partial charge in [0.2, 0.25) is 0 Å². The molecule has 0 aliphatic rings. The van der Waals surface area contributed by atoms with Gasteiger partial charge in [-0.3, -0.25) is 4.98 Å². The monoisotopic (exact) mass is 231 g/mol. The lowest BCUT2D eigenvalue weighted by atomic mass is 9.97. The van der Waals surface area contributed by atoms with Crippen LogP contribution in [-0.2, 0) is 0 Å². The van der Waals surface area contributed by atoms with Gasteiger partial charge in [-0.1, -0.05) is 55.1 Å². The maximum Gasteiger partial charge on any atom is 0.0702 e. The van der Waals surface area contributed by atoms with Crippen LogP contribution in [0.4, 0.5) is 0 Å². The lowest BCUT2D eigenvalue weighted by Gasteiger charge is -2.08. The minimum Gasteiger partial charge on any atom is -0.256 e. The molecule has 1 aromatic heterocycles. The highest BCUT2D eigenvalue weighted by Crippen LogP contribution is 2.30. The molecule has 0 aliphatic carbocycles. The van der Waals surface area contributed by atoms with Crippen LogP contribution >= 0.6 is 0 Å². The molecule has 0 fully saturated rings. The predicted octanol–water partition coefficient (Wildman–Crippen LogP) is 4.54. The molecule has 0 aliphatic heterocycles. The van der Waals surface area contributed by atoms with Crippen molar-refractivity contribution in [3.8, 4) is 11.1 Å². The second kappa shape index (κ2) is 4.46. The first-order chi connectivity index (χ1) is 8.90. The van der Waals surface area contributed by atoms with E-state index in [2.05, 4.69) is 60.1 Å². The molecule has 3 aromatic rings. The topological polar surface area (TPSA) is 12.9 Å². The van der Waals surface area contributed by atoms with Gasteiger partial charge in [0.05, 0.1) is 5.69 Å². The van der Waals surface area contributed by atoms with E-state index >= 15 is 0 Å². The summed E-state index contributed by atoms with van der Waals surface area (Å²) in [5.41, 5.74) is 3.26. The largest absolute Gasteiger partial charge is 0.256 e. The van der Waals surface area contributed by atoms with E-state index < -0.39 is 0 Å². The van der Waals surface area contributed by atoms with E-state index in [0.717, 1.165) is 11.3 Å². The Kier molecular flexibility index (Phi) is 2.66. The molecule has 2 aromatic carbocycles. The molecule has 0 radical (unpaired) electrons. The fourth-order valence-electron chi connectivity index (χ4n) is 2.27. The summed E-state index contributed by atoms with van der Waals surface area (Å²) >= 11 is 0. The van der Waals surface area contributed by atoms with Crippen LogP contribution in [0.3, 0.4) is 0 Å². The SMILES string of the molecule is C=Cc1ncccc1-c1cccc2ccccc12. The molecule has 0 saturated carbocycles. The third-order valence-corrected chi connectivity index (χ3v) is 3.11. The summed E-state index contributed by atoms with van der Waals surface area (Å²) in [5, 5.41) is 2.49. The average Bonchev–Trinajstić information content (AvgIpc) is 2.46. The Labute approximate surface area is 106 Å². The average molecular weight is 231 g/mol. The Morgan fingerprint density at radius 2 is 1.61 bits per heavy atom. The number of fused-ring (bicyclic) bond motifs is 1. The molecule has 0 bridgehead atoms. The van der Waals surface area contributed by atoms with E-state index in [4.69, 9.17) is 0 Å². The molecule has 0 amide bonds. The molecule has 0 spiro atoms. The van der Waals surface area contributed by atoms with Gasteiger partial charge >= 0.3 is 0 Å². The lowest BCUT2D eigenvalue weighted by molar-refractivity contribution is 1.30. The van der Waals surface area contributed by atoms with Gasteiger partial charge in [0, 0.05) is 11.8 Å². The first-order valence-electron chi connectivity index (χ1n) is 5.96. The fourth-order valence-corrected chi connectivity index (χ4v) is 2.27. The van der Waals surface area contributed by atoms with Crippen molar-refractivity contribution in [1.29, 1.82) is 0 Å². The van der Waals surface area contributed by atoms with Crippen molar-refractivity contribution >= 4 is 16.8 Å². The summed E-state index contributed by atoms with van der Waals surface area (Å²) in [4.78, 5) is 4.36. The van der Waals surface area contributed by atoms with Crippen molar-refractivity contribution in [3.63, 3.8) is 0 Å². The van der Waals surface area contributed by atoms with Crippen molar-refractivity contribution in [2.75, 3.05) is 0 Å². The van der Waals surface area contributed by atoms with Crippen LogP contribution in [0, 0.1) is 0 Å². The molecule has 0 unspecified atom stereocenters. The fraction of sp³-hybridized carbons (Fsp3) is 0. The summed E-state index contributed by atoms with van der Waals surface area (Å²) < 4.78 is 0. The Bertz CT molecular complexity index is 708. The normalized spacial score (nSPS) is 10.4. The smallest absolute Gasteiger partial charge is 0.0702 e. The number of rotatable bonds is 2. The van der Waals surface area contributed by atoms with Crippen molar-refractivity contribution in [3.05, 3.63) is 73.1 Å². The number of nitrogens with zero attached hydrogens (tertiary/aromatic N) is 1. The van der Waals surface area contributed by atoms with Crippen molar-refractivity contribution in [2.24, 2.45) is 0 Å². The number of aromatic nitrogens is 1. The third kappa shape index (κ3) is 1.70. The lowest BCUT2D eigenvalue weighted by Crippen LogP contribution is -1.87. The second-order valence-electron chi connectivity index (χ2n) is 4.17. The Balaban J connectivity index is 2.35. The second-order valence-corrected chi connectivity index (χ2v) is 4.17. The molecule has 0 atom stereocenters. The minimum absolute atomic E-state index is 0.925. The van der Waals surface area contributed by atoms with Gasteiger partial charge in [0.25, 0.3) is 0 Å². The zero-order chi connectivity index (χ0) is 12.4. The number of pyridine rings is 1. The predicted molar refractivity (Wildman–Crippen MR) is 77.3 cm³/mol. The van der Waals surface area contributed by atoms with E-state index in [0.29, 0.717) is 0 Å². The van der Waals surface area contributed by atoms with Crippen LogP contribution in [0.2, 0.25) is 0 Å². The summed E-state index contributed by atoms with van der Waals surface area (Å²) in [6.07, 6.45) is 3.60.